The third kappa shape index (κ3) is 3.88. The number of primary sulfonamides is 1. The van der Waals surface area contributed by atoms with E-state index >= 15 is 0 Å². The number of sulfonamides is 1. The first-order valence-corrected chi connectivity index (χ1v) is 10.5. The fraction of sp³-hybridized carbons (Fsp3) is 0.150. The maximum Gasteiger partial charge on any atom is 0.248 e. The van der Waals surface area contributed by atoms with Gasteiger partial charge >= 0.3 is 0 Å². The molecule has 0 unspecified atom stereocenters. The molecular formula is C20H19N3O2S2. The highest BCUT2D eigenvalue weighted by atomic mass is 32.2. The predicted octanol–water partition coefficient (Wildman–Crippen LogP) is 4.18. The van der Waals surface area contributed by atoms with Crippen molar-refractivity contribution in [2.45, 2.75) is 6.92 Å². The summed E-state index contributed by atoms with van der Waals surface area (Å²) >= 11 is 1.43. The molecule has 27 heavy (non-hydrogen) atoms. The highest BCUT2D eigenvalue weighted by Gasteiger charge is 2.17. The third-order valence-electron chi connectivity index (χ3n) is 4.33. The van der Waals surface area contributed by atoms with E-state index in [9.17, 15) is 8.42 Å². The maximum atomic E-state index is 11.6. The van der Waals surface area contributed by atoms with Gasteiger partial charge in [0.15, 0.2) is 4.91 Å². The molecule has 2 aromatic carbocycles. The summed E-state index contributed by atoms with van der Waals surface area (Å²) in [5.74, 6) is 0. The second kappa shape index (κ2) is 7.16. The number of rotatable bonds is 4. The SMILES string of the molecule is CC(=C(C#N)S(N)(=O)=O)c1ccc(-c2ccc3cc(N(C)C)ccc3c2)s1. The van der Waals surface area contributed by atoms with E-state index in [4.69, 9.17) is 10.4 Å². The molecule has 0 fully saturated rings. The van der Waals surface area contributed by atoms with Crippen LogP contribution in [0.1, 0.15) is 11.8 Å². The van der Waals surface area contributed by atoms with Crippen molar-refractivity contribution in [3.63, 3.8) is 0 Å². The quantitative estimate of drug-likeness (QED) is 0.669. The number of allylic oxidation sites excluding steroid dienone is 2. The molecule has 0 bridgehead atoms. The maximum absolute atomic E-state index is 11.6. The van der Waals surface area contributed by atoms with E-state index in [2.05, 4.69) is 35.2 Å². The third-order valence-corrected chi connectivity index (χ3v) is 6.55. The first kappa shape index (κ1) is 19.1. The second-order valence-electron chi connectivity index (χ2n) is 6.42. The average Bonchev–Trinajstić information content (AvgIpc) is 3.10. The van der Waals surface area contributed by atoms with Gasteiger partial charge in [0.1, 0.15) is 6.07 Å². The van der Waals surface area contributed by atoms with Crippen LogP contribution in [0.15, 0.2) is 53.4 Å². The van der Waals surface area contributed by atoms with Gasteiger partial charge in [0.25, 0.3) is 0 Å². The van der Waals surface area contributed by atoms with Gasteiger partial charge in [-0.05, 0) is 59.2 Å². The zero-order chi connectivity index (χ0) is 19.8. The van der Waals surface area contributed by atoms with Crippen LogP contribution in [0.2, 0.25) is 0 Å². The van der Waals surface area contributed by atoms with Gasteiger partial charge in [-0.3, -0.25) is 0 Å². The molecule has 0 atom stereocenters. The largest absolute Gasteiger partial charge is 0.378 e. The van der Waals surface area contributed by atoms with Crippen LogP contribution in [0, 0.1) is 11.3 Å². The molecule has 1 aromatic heterocycles. The lowest BCUT2D eigenvalue weighted by Gasteiger charge is -2.13. The Morgan fingerprint density at radius 3 is 2.37 bits per heavy atom. The highest BCUT2D eigenvalue weighted by Crippen LogP contribution is 2.35. The molecule has 3 aromatic rings. The molecule has 0 radical (unpaired) electrons. The summed E-state index contributed by atoms with van der Waals surface area (Å²) in [6, 6.07) is 18.0. The van der Waals surface area contributed by atoms with Crippen LogP contribution in [0.3, 0.4) is 0 Å². The van der Waals surface area contributed by atoms with Crippen molar-refractivity contribution in [2.75, 3.05) is 19.0 Å². The van der Waals surface area contributed by atoms with Crippen molar-refractivity contribution < 1.29 is 8.42 Å². The summed E-state index contributed by atoms with van der Waals surface area (Å²) in [7, 11) is -0.0175. The standard InChI is InChI=1S/C20H19N3O2S2/c1-13(20(12-21)27(22,24)25)18-8-9-19(26-18)16-5-4-15-11-17(23(2)3)7-6-14(15)10-16/h4-11H,1-3H3,(H2,22,24,25). The number of hydrogen-bond acceptors (Lipinski definition) is 5. The summed E-state index contributed by atoms with van der Waals surface area (Å²) < 4.78 is 23.1. The summed E-state index contributed by atoms with van der Waals surface area (Å²) in [4.78, 5) is 3.37. The number of hydrogen-bond donors (Lipinski definition) is 1. The zero-order valence-corrected chi connectivity index (χ0v) is 16.9. The molecule has 0 saturated carbocycles. The molecule has 2 N–H and O–H groups in total. The van der Waals surface area contributed by atoms with Crippen LogP contribution in [-0.4, -0.2) is 22.5 Å². The summed E-state index contributed by atoms with van der Waals surface area (Å²) in [5.41, 5.74) is 2.55. The number of benzene rings is 2. The Morgan fingerprint density at radius 1 is 1.07 bits per heavy atom. The highest BCUT2D eigenvalue weighted by molar-refractivity contribution is 7.93. The molecule has 0 amide bonds. The lowest BCUT2D eigenvalue weighted by molar-refractivity contribution is 0.605. The van der Waals surface area contributed by atoms with Crippen LogP contribution in [0.25, 0.3) is 26.8 Å². The monoisotopic (exact) mass is 397 g/mol. The first-order chi connectivity index (χ1) is 12.7. The van der Waals surface area contributed by atoms with Gasteiger partial charge in [-0.25, -0.2) is 13.6 Å². The Kier molecular flexibility index (Phi) is 5.07. The molecule has 5 nitrogen and oxygen atoms in total. The number of nitrogens with zero attached hydrogens (tertiary/aromatic N) is 2. The lowest BCUT2D eigenvalue weighted by atomic mass is 10.1. The molecule has 0 aliphatic heterocycles. The van der Waals surface area contributed by atoms with Gasteiger partial charge < -0.3 is 4.90 Å². The van der Waals surface area contributed by atoms with Gasteiger partial charge in [0.2, 0.25) is 10.0 Å². The van der Waals surface area contributed by atoms with E-state index in [0.717, 1.165) is 26.9 Å². The Labute approximate surface area is 163 Å². The molecule has 0 aliphatic rings. The van der Waals surface area contributed by atoms with E-state index in [1.54, 1.807) is 13.0 Å². The second-order valence-corrected chi connectivity index (χ2v) is 9.00. The van der Waals surface area contributed by atoms with Crippen molar-refractivity contribution in [2.24, 2.45) is 5.14 Å². The lowest BCUT2D eigenvalue weighted by Crippen LogP contribution is -2.14. The van der Waals surface area contributed by atoms with Crippen molar-refractivity contribution in [3.05, 3.63) is 58.3 Å². The van der Waals surface area contributed by atoms with Crippen molar-refractivity contribution >= 4 is 43.4 Å². The average molecular weight is 398 g/mol. The van der Waals surface area contributed by atoms with Gasteiger partial charge in [-0.2, -0.15) is 5.26 Å². The van der Waals surface area contributed by atoms with Crippen molar-refractivity contribution in [3.8, 4) is 16.5 Å². The molecule has 3 rings (SSSR count). The summed E-state index contributed by atoms with van der Waals surface area (Å²) in [6.07, 6.45) is 0. The Balaban J connectivity index is 2.03. The smallest absolute Gasteiger partial charge is 0.248 e. The van der Waals surface area contributed by atoms with Gasteiger partial charge in [0.05, 0.1) is 0 Å². The van der Waals surface area contributed by atoms with E-state index in [-0.39, 0.29) is 0 Å². The minimum atomic E-state index is -4.04. The molecule has 138 valence electrons. The fourth-order valence-electron chi connectivity index (χ4n) is 2.83. The van der Waals surface area contributed by atoms with Crippen molar-refractivity contribution in [1.82, 2.24) is 0 Å². The topological polar surface area (TPSA) is 87.2 Å². The number of nitriles is 1. The summed E-state index contributed by atoms with van der Waals surface area (Å²) in [6.45, 7) is 1.60. The molecular weight excluding hydrogens is 378 g/mol. The van der Waals surface area contributed by atoms with Crippen LogP contribution < -0.4 is 10.0 Å². The normalized spacial score (nSPS) is 12.6. The van der Waals surface area contributed by atoms with Crippen LogP contribution in [-0.2, 0) is 10.0 Å². The number of thiophene rings is 1. The number of anilines is 1. The summed E-state index contributed by atoms with van der Waals surface area (Å²) in [5, 5.41) is 16.5. The van der Waals surface area contributed by atoms with Gasteiger partial charge in [0, 0.05) is 29.5 Å². The molecule has 0 aliphatic carbocycles. The number of fused-ring (bicyclic) bond motifs is 1. The molecule has 7 heteroatoms. The van der Waals surface area contributed by atoms with Crippen LogP contribution in [0.4, 0.5) is 5.69 Å². The van der Waals surface area contributed by atoms with E-state index in [1.807, 2.05) is 32.3 Å². The fourth-order valence-corrected chi connectivity index (χ4v) is 4.57. The Morgan fingerprint density at radius 2 is 1.74 bits per heavy atom. The molecule has 1 heterocycles. The van der Waals surface area contributed by atoms with Gasteiger partial charge in [-0.1, -0.05) is 18.2 Å². The van der Waals surface area contributed by atoms with Crippen LogP contribution in [0.5, 0.6) is 0 Å². The van der Waals surface area contributed by atoms with Crippen molar-refractivity contribution in [1.29, 1.82) is 5.26 Å². The zero-order valence-electron chi connectivity index (χ0n) is 15.2. The first-order valence-electron chi connectivity index (χ1n) is 8.16. The Bertz CT molecular complexity index is 1200. The Hall–Kier alpha value is -2.66. The van der Waals surface area contributed by atoms with E-state index in [0.29, 0.717) is 10.5 Å². The van der Waals surface area contributed by atoms with Gasteiger partial charge in [-0.15, -0.1) is 11.3 Å². The molecule has 0 spiro atoms. The van der Waals surface area contributed by atoms with Crippen LogP contribution >= 0.6 is 11.3 Å². The minimum absolute atomic E-state index is 0.368. The van der Waals surface area contributed by atoms with E-state index in [1.165, 1.54) is 11.3 Å². The van der Waals surface area contributed by atoms with E-state index < -0.39 is 14.9 Å². The number of nitrogens with two attached hydrogens (primary N) is 1. The predicted molar refractivity (Wildman–Crippen MR) is 113 cm³/mol. The molecule has 0 saturated heterocycles. The minimum Gasteiger partial charge on any atom is -0.378 e.